The van der Waals surface area contributed by atoms with Gasteiger partial charge in [-0.3, -0.25) is 0 Å². The molecule has 0 atom stereocenters. The van der Waals surface area contributed by atoms with Crippen LogP contribution in [0.4, 0.5) is 18.9 Å². The predicted molar refractivity (Wildman–Crippen MR) is 96.0 cm³/mol. The maximum absolute atomic E-state index is 13.3. The van der Waals surface area contributed by atoms with Gasteiger partial charge in [-0.15, -0.1) is 0 Å². The van der Waals surface area contributed by atoms with Gasteiger partial charge in [0.25, 0.3) is 0 Å². The van der Waals surface area contributed by atoms with Gasteiger partial charge in [0, 0.05) is 18.8 Å². The molecule has 0 aromatic heterocycles. The van der Waals surface area contributed by atoms with Crippen molar-refractivity contribution >= 4 is 15.7 Å². The highest BCUT2D eigenvalue weighted by atomic mass is 32.2. The van der Waals surface area contributed by atoms with Gasteiger partial charge >= 0.3 is 6.18 Å². The molecule has 9 heteroatoms. The van der Waals surface area contributed by atoms with Gasteiger partial charge in [0.2, 0.25) is 10.0 Å². The first-order valence-electron chi connectivity index (χ1n) is 9.29. The van der Waals surface area contributed by atoms with Crippen molar-refractivity contribution in [2.45, 2.75) is 68.2 Å². The highest BCUT2D eigenvalue weighted by molar-refractivity contribution is 7.89. The van der Waals surface area contributed by atoms with Gasteiger partial charge in [0.15, 0.2) is 0 Å². The van der Waals surface area contributed by atoms with Crippen LogP contribution < -0.4 is 10.0 Å². The Balaban J connectivity index is 1.69. The zero-order chi connectivity index (χ0) is 19.7. The number of hydrogen-bond donors (Lipinski definition) is 1. The fourth-order valence-corrected chi connectivity index (χ4v) is 4.65. The van der Waals surface area contributed by atoms with Gasteiger partial charge in [-0.1, -0.05) is 19.3 Å². The van der Waals surface area contributed by atoms with Gasteiger partial charge in [0.1, 0.15) is 0 Å². The summed E-state index contributed by atoms with van der Waals surface area (Å²) in [5.74, 6) is 0. The lowest BCUT2D eigenvalue weighted by Crippen LogP contribution is -2.39. The second-order valence-electron chi connectivity index (χ2n) is 7.31. The lowest BCUT2D eigenvalue weighted by molar-refractivity contribution is -0.139. The number of rotatable bonds is 4. The number of ether oxygens (including phenoxy) is 1. The van der Waals surface area contributed by atoms with Gasteiger partial charge < -0.3 is 9.64 Å². The number of hydrogen-bond acceptors (Lipinski definition) is 4. The number of sulfonamides is 1. The van der Waals surface area contributed by atoms with Crippen molar-refractivity contribution in [1.29, 1.82) is 0 Å². The Morgan fingerprint density at radius 3 is 2.15 bits per heavy atom. The molecule has 0 bridgehead atoms. The molecule has 1 aromatic rings. The molecular formula is C18H25F3N2O3S. The van der Waals surface area contributed by atoms with Crippen molar-refractivity contribution in [2.75, 3.05) is 18.0 Å². The lowest BCUT2D eigenvalue weighted by Gasteiger charge is -2.36. The number of anilines is 1. The van der Waals surface area contributed by atoms with Crippen molar-refractivity contribution in [3.63, 3.8) is 0 Å². The molecule has 1 heterocycles. The van der Waals surface area contributed by atoms with Crippen molar-refractivity contribution in [3.8, 4) is 0 Å². The number of piperidine rings is 1. The van der Waals surface area contributed by atoms with Crippen molar-refractivity contribution in [2.24, 2.45) is 5.14 Å². The molecule has 0 spiro atoms. The van der Waals surface area contributed by atoms with Crippen LogP contribution in [0.15, 0.2) is 23.1 Å². The zero-order valence-corrected chi connectivity index (χ0v) is 15.9. The minimum atomic E-state index is -4.79. The molecule has 1 aromatic carbocycles. The van der Waals surface area contributed by atoms with E-state index in [1.165, 1.54) is 25.3 Å². The molecule has 1 saturated heterocycles. The van der Waals surface area contributed by atoms with Crippen LogP contribution in [-0.4, -0.2) is 33.7 Å². The third-order valence-corrected chi connectivity index (χ3v) is 6.29. The van der Waals surface area contributed by atoms with E-state index in [4.69, 9.17) is 9.88 Å². The number of nitrogens with zero attached hydrogens (tertiary/aromatic N) is 1. The molecule has 0 amide bonds. The lowest BCUT2D eigenvalue weighted by atomic mass is 9.97. The second-order valence-corrected chi connectivity index (χ2v) is 8.84. The van der Waals surface area contributed by atoms with Crippen LogP contribution in [0.5, 0.6) is 0 Å². The van der Waals surface area contributed by atoms with Crippen molar-refractivity contribution in [1.82, 2.24) is 0 Å². The molecule has 3 rings (SSSR count). The summed E-state index contributed by atoms with van der Waals surface area (Å²) in [7, 11) is -4.45. The highest BCUT2D eigenvalue weighted by Crippen LogP contribution is 2.37. The number of benzene rings is 1. The fraction of sp³-hybridized carbons (Fsp3) is 0.667. The average Bonchev–Trinajstić information content (AvgIpc) is 2.61. The summed E-state index contributed by atoms with van der Waals surface area (Å²) in [6, 6.07) is 3.21. The smallest absolute Gasteiger partial charge is 0.375 e. The Morgan fingerprint density at radius 2 is 1.59 bits per heavy atom. The molecule has 1 saturated carbocycles. The summed E-state index contributed by atoms with van der Waals surface area (Å²) < 4.78 is 69.0. The quantitative estimate of drug-likeness (QED) is 0.828. The van der Waals surface area contributed by atoms with Gasteiger partial charge in [0.05, 0.1) is 22.7 Å². The van der Waals surface area contributed by atoms with Crippen LogP contribution in [0.1, 0.15) is 50.5 Å². The summed E-state index contributed by atoms with van der Waals surface area (Å²) in [6.45, 7) is 1.15. The molecule has 0 unspecified atom stereocenters. The van der Waals surface area contributed by atoms with Crippen LogP contribution in [-0.2, 0) is 20.9 Å². The van der Waals surface area contributed by atoms with Crippen LogP contribution in [0, 0.1) is 0 Å². The predicted octanol–water partition coefficient (Wildman–Crippen LogP) is 3.67. The van der Waals surface area contributed by atoms with Crippen LogP contribution in [0.25, 0.3) is 0 Å². The zero-order valence-electron chi connectivity index (χ0n) is 15.0. The third-order valence-electron chi connectivity index (χ3n) is 5.32. The maximum Gasteiger partial charge on any atom is 0.417 e. The molecule has 27 heavy (non-hydrogen) atoms. The molecule has 2 fully saturated rings. The Morgan fingerprint density at radius 1 is 1.00 bits per heavy atom. The molecule has 152 valence electrons. The van der Waals surface area contributed by atoms with E-state index >= 15 is 0 Å². The molecule has 5 nitrogen and oxygen atoms in total. The Labute approximate surface area is 157 Å². The van der Waals surface area contributed by atoms with Crippen LogP contribution >= 0.6 is 0 Å². The SMILES string of the molecule is NS(=O)(=O)c1ccc(N2CCC(OC3CCCCC3)CC2)cc1C(F)(F)F. The first-order chi connectivity index (χ1) is 12.6. The van der Waals surface area contributed by atoms with E-state index in [0.717, 1.165) is 37.8 Å². The van der Waals surface area contributed by atoms with Gasteiger partial charge in [-0.2, -0.15) is 13.2 Å². The van der Waals surface area contributed by atoms with Crippen LogP contribution in [0.2, 0.25) is 0 Å². The number of nitrogens with two attached hydrogens (primary N) is 1. The maximum atomic E-state index is 13.3. The number of primary sulfonamides is 1. The Hall–Kier alpha value is -1.32. The van der Waals surface area contributed by atoms with E-state index in [2.05, 4.69) is 0 Å². The summed E-state index contributed by atoms with van der Waals surface area (Å²) in [5, 5.41) is 4.93. The first kappa shape index (κ1) is 20.4. The minimum absolute atomic E-state index is 0.134. The molecule has 2 N–H and O–H groups in total. The standard InChI is InChI=1S/C18H25F3N2O3S/c19-18(20,21)16-12-13(6-7-17(16)27(22,24)25)23-10-8-15(9-11-23)26-14-4-2-1-3-5-14/h6-7,12,14-15H,1-5,8-11H2,(H2,22,24,25). The molecule has 0 radical (unpaired) electrons. The first-order valence-corrected chi connectivity index (χ1v) is 10.8. The normalized spacial score (nSPS) is 20.8. The third kappa shape index (κ3) is 5.14. The van der Waals surface area contributed by atoms with Crippen molar-refractivity contribution < 1.29 is 26.3 Å². The van der Waals surface area contributed by atoms with E-state index in [-0.39, 0.29) is 6.10 Å². The Bertz CT molecular complexity index is 754. The van der Waals surface area contributed by atoms with Crippen LogP contribution in [0.3, 0.4) is 0 Å². The van der Waals surface area contributed by atoms with E-state index in [9.17, 15) is 21.6 Å². The van der Waals surface area contributed by atoms with E-state index in [0.29, 0.717) is 24.9 Å². The highest BCUT2D eigenvalue weighted by Gasteiger charge is 2.37. The molecular weight excluding hydrogens is 381 g/mol. The molecule has 2 aliphatic rings. The van der Waals surface area contributed by atoms with Crippen molar-refractivity contribution in [3.05, 3.63) is 23.8 Å². The van der Waals surface area contributed by atoms with Gasteiger partial charge in [-0.25, -0.2) is 13.6 Å². The van der Waals surface area contributed by atoms with E-state index < -0.39 is 26.7 Å². The second kappa shape index (κ2) is 7.97. The fourth-order valence-electron chi connectivity index (χ4n) is 3.91. The minimum Gasteiger partial charge on any atom is -0.375 e. The summed E-state index contributed by atoms with van der Waals surface area (Å²) in [6.07, 6.45) is 2.96. The summed E-state index contributed by atoms with van der Waals surface area (Å²) >= 11 is 0. The van der Waals surface area contributed by atoms with E-state index in [1.807, 2.05) is 4.90 Å². The molecule has 1 aliphatic carbocycles. The summed E-state index contributed by atoms with van der Waals surface area (Å²) in [5.41, 5.74) is -0.867. The monoisotopic (exact) mass is 406 g/mol. The Kier molecular flexibility index (Phi) is 6.02. The average molecular weight is 406 g/mol. The molecule has 1 aliphatic heterocycles. The number of alkyl halides is 3. The number of halogens is 3. The van der Waals surface area contributed by atoms with Gasteiger partial charge in [-0.05, 0) is 43.9 Å². The summed E-state index contributed by atoms with van der Waals surface area (Å²) in [4.78, 5) is 0.942. The topological polar surface area (TPSA) is 72.6 Å². The largest absolute Gasteiger partial charge is 0.417 e. The van der Waals surface area contributed by atoms with E-state index in [1.54, 1.807) is 0 Å².